The van der Waals surface area contributed by atoms with E-state index in [1.807, 2.05) is 19.1 Å². The smallest absolute Gasteiger partial charge is 0.0266 e. The van der Waals surface area contributed by atoms with Crippen molar-refractivity contribution in [2.75, 3.05) is 0 Å². The minimum Gasteiger partial charge on any atom is -0.272 e. The van der Waals surface area contributed by atoms with Gasteiger partial charge < -0.3 is 0 Å². The Morgan fingerprint density at radius 3 is 2.56 bits per heavy atom. The van der Waals surface area contributed by atoms with E-state index in [1.165, 1.54) is 0 Å². The summed E-state index contributed by atoms with van der Waals surface area (Å²) in [4.78, 5) is 3.53. The number of nitrogens with zero attached hydrogens (tertiary/aromatic N) is 1. The molecule has 0 unspecified atom stereocenters. The van der Waals surface area contributed by atoms with E-state index < -0.39 is 0 Å². The zero-order valence-corrected chi connectivity index (χ0v) is 5.67. The molecule has 48 valence electrons. The summed E-state index contributed by atoms with van der Waals surface area (Å²) in [6, 6.07) is 0. The fourth-order valence-corrected chi connectivity index (χ4v) is 0.418. The van der Waals surface area contributed by atoms with Gasteiger partial charge in [-0.2, -0.15) is 0 Å². The van der Waals surface area contributed by atoms with Crippen LogP contribution in [0.25, 0.3) is 0 Å². The second-order valence-corrected chi connectivity index (χ2v) is 1.57. The summed E-state index contributed by atoms with van der Waals surface area (Å²) in [5.41, 5.74) is 0.935. The summed E-state index contributed by atoms with van der Waals surface area (Å²) in [6.45, 7) is 8.96. The highest BCUT2D eigenvalue weighted by Crippen LogP contribution is 1.93. The van der Waals surface area contributed by atoms with E-state index in [-0.39, 0.29) is 0 Å². The molecule has 0 rings (SSSR count). The molecule has 0 radical (unpaired) electrons. The monoisotopic (exact) mass is 121 g/mol. The van der Waals surface area contributed by atoms with Crippen molar-refractivity contribution in [1.82, 2.24) is 0 Å². The van der Waals surface area contributed by atoms with Gasteiger partial charge in [0, 0.05) is 6.20 Å². The van der Waals surface area contributed by atoms with Crippen molar-refractivity contribution < 1.29 is 0 Å². The van der Waals surface area contributed by atoms with Gasteiger partial charge in [-0.1, -0.05) is 18.7 Å². The first-order valence-electron chi connectivity index (χ1n) is 2.75. The summed E-state index contributed by atoms with van der Waals surface area (Å²) < 4.78 is 0. The zero-order valence-electron chi connectivity index (χ0n) is 5.67. The van der Waals surface area contributed by atoms with E-state index in [1.54, 1.807) is 12.3 Å². The zero-order chi connectivity index (χ0) is 7.11. The van der Waals surface area contributed by atoms with Crippen LogP contribution in [-0.4, -0.2) is 6.72 Å². The number of hydrogen-bond acceptors (Lipinski definition) is 1. The summed E-state index contributed by atoms with van der Waals surface area (Å²) in [5.74, 6) is 0. The van der Waals surface area contributed by atoms with Crippen LogP contribution >= 0.6 is 0 Å². The van der Waals surface area contributed by atoms with E-state index in [0.717, 1.165) is 5.57 Å². The second kappa shape index (κ2) is 5.04. The molecule has 0 heterocycles. The number of allylic oxidation sites excluding steroid dienone is 4. The van der Waals surface area contributed by atoms with E-state index >= 15 is 0 Å². The first kappa shape index (κ1) is 7.89. The minimum absolute atomic E-state index is 0.935. The maximum Gasteiger partial charge on any atom is 0.0266 e. The molecule has 0 fully saturated rings. The lowest BCUT2D eigenvalue weighted by atomic mass is 10.3. The molecule has 0 amide bonds. The fraction of sp³-hybridized carbons (Fsp3) is 0.125. The highest BCUT2D eigenvalue weighted by Gasteiger charge is 1.73. The Kier molecular flexibility index (Phi) is 4.41. The van der Waals surface area contributed by atoms with Crippen LogP contribution in [0.4, 0.5) is 0 Å². The Hall–Kier alpha value is -1.11. The third-order valence-corrected chi connectivity index (χ3v) is 0.775. The Morgan fingerprint density at radius 1 is 1.44 bits per heavy atom. The molecule has 0 N–H and O–H groups in total. The predicted molar refractivity (Wildman–Crippen MR) is 42.6 cm³/mol. The lowest BCUT2D eigenvalue weighted by molar-refractivity contribution is 1.57. The quantitative estimate of drug-likeness (QED) is 0.401. The Balaban J connectivity index is 3.76. The molecule has 0 atom stereocenters. The van der Waals surface area contributed by atoms with Crippen molar-refractivity contribution >= 4 is 6.72 Å². The van der Waals surface area contributed by atoms with Crippen molar-refractivity contribution in [3.63, 3.8) is 0 Å². The van der Waals surface area contributed by atoms with Crippen LogP contribution in [0.2, 0.25) is 0 Å². The van der Waals surface area contributed by atoms with Gasteiger partial charge in [0.05, 0.1) is 0 Å². The molecule has 1 heteroatoms. The SMILES string of the molecule is C=N/C=C\C(=C)/C=C\C. The molecule has 0 aromatic carbocycles. The van der Waals surface area contributed by atoms with Gasteiger partial charge in [-0.25, -0.2) is 0 Å². The van der Waals surface area contributed by atoms with Crippen LogP contribution < -0.4 is 0 Å². The third-order valence-electron chi connectivity index (χ3n) is 0.775. The third kappa shape index (κ3) is 4.75. The maximum absolute atomic E-state index is 3.72. The van der Waals surface area contributed by atoms with Crippen LogP contribution in [-0.2, 0) is 0 Å². The molecule has 0 spiro atoms. The van der Waals surface area contributed by atoms with Crippen molar-refractivity contribution in [2.24, 2.45) is 4.99 Å². The van der Waals surface area contributed by atoms with Gasteiger partial charge in [-0.05, 0) is 25.3 Å². The molecule has 0 aromatic heterocycles. The molecule has 1 nitrogen and oxygen atoms in total. The highest BCUT2D eigenvalue weighted by atomic mass is 14.6. The highest BCUT2D eigenvalue weighted by molar-refractivity contribution is 5.30. The molecule has 0 aliphatic heterocycles. The number of hydrogen-bond donors (Lipinski definition) is 0. The average molecular weight is 121 g/mol. The summed E-state index contributed by atoms with van der Waals surface area (Å²) in [5, 5.41) is 0. The summed E-state index contributed by atoms with van der Waals surface area (Å²) in [7, 11) is 0. The van der Waals surface area contributed by atoms with E-state index in [4.69, 9.17) is 0 Å². The van der Waals surface area contributed by atoms with Crippen LogP contribution in [0.1, 0.15) is 6.92 Å². The van der Waals surface area contributed by atoms with Crippen LogP contribution in [0.5, 0.6) is 0 Å². The van der Waals surface area contributed by atoms with E-state index in [0.29, 0.717) is 0 Å². The van der Waals surface area contributed by atoms with Gasteiger partial charge in [0.2, 0.25) is 0 Å². The standard InChI is InChI=1S/C8H11N/c1-4-5-8(2)6-7-9-3/h4-7H,2-3H2,1H3/b5-4-,7-6-. The van der Waals surface area contributed by atoms with Gasteiger partial charge >= 0.3 is 0 Å². The van der Waals surface area contributed by atoms with Gasteiger partial charge in [0.15, 0.2) is 0 Å². The molecule has 0 aromatic rings. The van der Waals surface area contributed by atoms with Crippen molar-refractivity contribution in [2.45, 2.75) is 6.92 Å². The second-order valence-electron chi connectivity index (χ2n) is 1.57. The van der Waals surface area contributed by atoms with Crippen LogP contribution in [0, 0.1) is 0 Å². The summed E-state index contributed by atoms with van der Waals surface area (Å²) >= 11 is 0. The molecule has 9 heavy (non-hydrogen) atoms. The molecular weight excluding hydrogens is 110 g/mol. The largest absolute Gasteiger partial charge is 0.272 e. The van der Waals surface area contributed by atoms with Crippen LogP contribution in [0.3, 0.4) is 0 Å². The van der Waals surface area contributed by atoms with Crippen molar-refractivity contribution in [1.29, 1.82) is 0 Å². The molecule has 0 aliphatic rings. The van der Waals surface area contributed by atoms with E-state index in [9.17, 15) is 0 Å². The summed E-state index contributed by atoms with van der Waals surface area (Å²) in [6.07, 6.45) is 7.24. The minimum atomic E-state index is 0.935. The van der Waals surface area contributed by atoms with Gasteiger partial charge in [0.1, 0.15) is 0 Å². The lowest BCUT2D eigenvalue weighted by Crippen LogP contribution is -1.62. The number of rotatable bonds is 3. The topological polar surface area (TPSA) is 12.4 Å². The Morgan fingerprint density at radius 2 is 2.11 bits per heavy atom. The van der Waals surface area contributed by atoms with Crippen molar-refractivity contribution in [3.8, 4) is 0 Å². The molecular formula is C8H11N. The normalized spacial score (nSPS) is 10.8. The van der Waals surface area contributed by atoms with Gasteiger partial charge in [-0.15, -0.1) is 0 Å². The van der Waals surface area contributed by atoms with E-state index in [2.05, 4.69) is 18.3 Å². The predicted octanol–water partition coefficient (Wildman–Crippen LogP) is 2.33. The van der Waals surface area contributed by atoms with Gasteiger partial charge in [0.25, 0.3) is 0 Å². The fourth-order valence-electron chi connectivity index (χ4n) is 0.418. The Bertz CT molecular complexity index is 152. The molecule has 0 bridgehead atoms. The Labute approximate surface area is 56.1 Å². The molecule has 0 saturated heterocycles. The molecule has 0 aliphatic carbocycles. The lowest BCUT2D eigenvalue weighted by Gasteiger charge is -1.82. The first-order chi connectivity index (χ1) is 4.31. The number of aliphatic imine (C=N–C) groups is 1. The average Bonchev–Trinajstić information content (AvgIpc) is 1.85. The first-order valence-corrected chi connectivity index (χ1v) is 2.75. The molecule has 0 saturated carbocycles. The maximum atomic E-state index is 3.72. The van der Waals surface area contributed by atoms with Crippen LogP contribution in [0.15, 0.2) is 41.6 Å². The van der Waals surface area contributed by atoms with Gasteiger partial charge in [-0.3, -0.25) is 4.99 Å². The van der Waals surface area contributed by atoms with Crippen molar-refractivity contribution in [3.05, 3.63) is 36.6 Å².